The van der Waals surface area contributed by atoms with Crippen molar-refractivity contribution in [1.82, 2.24) is 0 Å². The molecule has 1 aliphatic carbocycles. The highest BCUT2D eigenvalue weighted by Gasteiger charge is 2.36. The Labute approximate surface area is 84.9 Å². The summed E-state index contributed by atoms with van der Waals surface area (Å²) in [6.45, 7) is 0. The molecule has 0 heterocycles. The van der Waals surface area contributed by atoms with Gasteiger partial charge in [0.25, 0.3) is 0 Å². The molecule has 0 radical (unpaired) electrons. The minimum Gasteiger partial charge on any atom is -0.298 e. The number of carbonyl (C=O) groups is 1. The summed E-state index contributed by atoms with van der Waals surface area (Å²) in [7, 11) is 0. The lowest BCUT2D eigenvalue weighted by Crippen LogP contribution is -2.10. The molecular weight excluding hydrogens is 205 g/mol. The van der Waals surface area contributed by atoms with Crippen molar-refractivity contribution < 1.29 is 18.0 Å². The third-order valence-electron chi connectivity index (χ3n) is 2.58. The Kier molecular flexibility index (Phi) is 2.29. The molecule has 0 atom stereocenters. The molecule has 0 saturated heterocycles. The zero-order valence-electron chi connectivity index (χ0n) is 7.84. The molecule has 15 heavy (non-hydrogen) atoms. The lowest BCUT2D eigenvalue weighted by molar-refractivity contribution is -0.137. The quantitative estimate of drug-likeness (QED) is 0.689. The summed E-state index contributed by atoms with van der Waals surface area (Å²) in [5, 5.41) is 0. The molecule has 0 amide bonds. The van der Waals surface area contributed by atoms with E-state index in [0.717, 1.165) is 18.9 Å². The topological polar surface area (TPSA) is 17.1 Å². The van der Waals surface area contributed by atoms with Crippen LogP contribution in [0.15, 0.2) is 18.2 Å². The Bertz CT molecular complexity index is 391. The van der Waals surface area contributed by atoms with Gasteiger partial charge < -0.3 is 0 Å². The van der Waals surface area contributed by atoms with E-state index in [9.17, 15) is 18.0 Å². The highest BCUT2D eigenvalue weighted by molar-refractivity contribution is 5.80. The minimum atomic E-state index is -4.44. The summed E-state index contributed by atoms with van der Waals surface area (Å²) in [6, 6.07) is 3.93. The van der Waals surface area contributed by atoms with Crippen molar-refractivity contribution in [2.24, 2.45) is 0 Å². The summed E-state index contributed by atoms with van der Waals surface area (Å²) in [4.78, 5) is 10.7. The Morgan fingerprint density at radius 1 is 1.27 bits per heavy atom. The Balaban J connectivity index is 2.54. The number of benzene rings is 1. The van der Waals surface area contributed by atoms with Crippen molar-refractivity contribution in [1.29, 1.82) is 0 Å². The van der Waals surface area contributed by atoms with Crippen LogP contribution in [0, 0.1) is 0 Å². The largest absolute Gasteiger partial charge is 0.417 e. The van der Waals surface area contributed by atoms with Gasteiger partial charge in [0.15, 0.2) is 6.29 Å². The number of aldehydes is 1. The lowest BCUT2D eigenvalue weighted by Gasteiger charge is -2.12. The molecule has 0 spiro atoms. The molecule has 0 bridgehead atoms. The summed E-state index contributed by atoms with van der Waals surface area (Å²) < 4.78 is 37.6. The van der Waals surface area contributed by atoms with E-state index in [2.05, 4.69) is 0 Å². The maximum Gasteiger partial charge on any atom is 0.417 e. The average Bonchev–Trinajstić information content (AvgIpc) is 2.98. The van der Waals surface area contributed by atoms with Gasteiger partial charge in [0.05, 0.1) is 5.56 Å². The van der Waals surface area contributed by atoms with E-state index < -0.39 is 11.7 Å². The van der Waals surface area contributed by atoms with Crippen molar-refractivity contribution >= 4 is 6.29 Å². The van der Waals surface area contributed by atoms with Crippen molar-refractivity contribution in [2.45, 2.75) is 24.9 Å². The predicted molar refractivity (Wildman–Crippen MR) is 48.8 cm³/mol. The molecular formula is C11H9F3O. The van der Waals surface area contributed by atoms with E-state index in [1.807, 2.05) is 0 Å². The maximum absolute atomic E-state index is 12.5. The van der Waals surface area contributed by atoms with Gasteiger partial charge in [-0.15, -0.1) is 0 Å². The molecule has 4 heteroatoms. The monoisotopic (exact) mass is 214 g/mol. The van der Waals surface area contributed by atoms with Crippen LogP contribution in [-0.2, 0) is 6.18 Å². The zero-order chi connectivity index (χ0) is 11.1. The van der Waals surface area contributed by atoms with Gasteiger partial charge in [-0.25, -0.2) is 0 Å². The normalized spacial score (nSPS) is 16.5. The highest BCUT2D eigenvalue weighted by atomic mass is 19.4. The fraction of sp³-hybridized carbons (Fsp3) is 0.364. The summed E-state index contributed by atoms with van der Waals surface area (Å²) in [6.07, 6.45) is -2.37. The predicted octanol–water partition coefficient (Wildman–Crippen LogP) is 3.40. The van der Waals surface area contributed by atoms with Gasteiger partial charge in [-0.1, -0.05) is 12.1 Å². The van der Waals surface area contributed by atoms with E-state index in [1.54, 1.807) is 6.07 Å². The molecule has 1 aromatic carbocycles. The van der Waals surface area contributed by atoms with Crippen LogP contribution in [0.3, 0.4) is 0 Å². The van der Waals surface area contributed by atoms with Crippen molar-refractivity contribution in [3.63, 3.8) is 0 Å². The van der Waals surface area contributed by atoms with Crippen LogP contribution in [0.2, 0.25) is 0 Å². The van der Waals surface area contributed by atoms with Crippen molar-refractivity contribution in [2.75, 3.05) is 0 Å². The number of hydrogen-bond acceptors (Lipinski definition) is 1. The van der Waals surface area contributed by atoms with Crippen LogP contribution < -0.4 is 0 Å². The molecule has 0 aliphatic heterocycles. The van der Waals surface area contributed by atoms with Crippen LogP contribution in [0.25, 0.3) is 0 Å². The van der Waals surface area contributed by atoms with Gasteiger partial charge in [-0.2, -0.15) is 13.2 Å². The zero-order valence-corrected chi connectivity index (χ0v) is 7.84. The van der Waals surface area contributed by atoms with E-state index in [0.29, 0.717) is 11.8 Å². The number of alkyl halides is 3. The lowest BCUT2D eigenvalue weighted by atomic mass is 9.98. The molecule has 0 aromatic heterocycles. The van der Waals surface area contributed by atoms with Crippen molar-refractivity contribution in [3.8, 4) is 0 Å². The van der Waals surface area contributed by atoms with Crippen LogP contribution in [-0.4, -0.2) is 6.29 Å². The van der Waals surface area contributed by atoms with E-state index in [4.69, 9.17) is 0 Å². The van der Waals surface area contributed by atoms with Crippen LogP contribution >= 0.6 is 0 Å². The molecule has 1 fully saturated rings. The molecule has 1 aromatic rings. The van der Waals surface area contributed by atoms with Crippen LogP contribution in [0.5, 0.6) is 0 Å². The van der Waals surface area contributed by atoms with Gasteiger partial charge >= 0.3 is 6.18 Å². The molecule has 1 aliphatic rings. The SMILES string of the molecule is O=Cc1c(C2CC2)cccc1C(F)(F)F. The Morgan fingerprint density at radius 3 is 2.40 bits per heavy atom. The molecule has 0 N–H and O–H groups in total. The molecule has 0 unspecified atom stereocenters. The van der Waals surface area contributed by atoms with Gasteiger partial charge in [0, 0.05) is 5.56 Å². The first-order valence-electron chi connectivity index (χ1n) is 4.69. The number of carbonyl (C=O) groups excluding carboxylic acids is 1. The summed E-state index contributed by atoms with van der Waals surface area (Å²) in [5.41, 5.74) is -0.464. The first kappa shape index (κ1) is 10.2. The minimum absolute atomic E-state index is 0.146. The second-order valence-electron chi connectivity index (χ2n) is 3.70. The fourth-order valence-corrected chi connectivity index (χ4v) is 1.71. The second kappa shape index (κ2) is 3.36. The van der Waals surface area contributed by atoms with Gasteiger partial charge in [-0.3, -0.25) is 4.79 Å². The van der Waals surface area contributed by atoms with Crippen molar-refractivity contribution in [3.05, 3.63) is 34.9 Å². The average molecular weight is 214 g/mol. The fourth-order valence-electron chi connectivity index (χ4n) is 1.71. The van der Waals surface area contributed by atoms with E-state index >= 15 is 0 Å². The first-order chi connectivity index (χ1) is 7.04. The molecule has 2 rings (SSSR count). The second-order valence-corrected chi connectivity index (χ2v) is 3.70. The van der Waals surface area contributed by atoms with E-state index in [1.165, 1.54) is 6.07 Å². The van der Waals surface area contributed by atoms with Gasteiger partial charge in [0.1, 0.15) is 0 Å². The Morgan fingerprint density at radius 2 is 1.93 bits per heavy atom. The highest BCUT2D eigenvalue weighted by Crippen LogP contribution is 2.44. The Hall–Kier alpha value is -1.32. The maximum atomic E-state index is 12.5. The number of rotatable bonds is 2. The third kappa shape index (κ3) is 1.89. The van der Waals surface area contributed by atoms with Gasteiger partial charge in [0.2, 0.25) is 0 Å². The standard InChI is InChI=1S/C11H9F3O/c12-11(13,14)10-3-1-2-8(7-4-5-7)9(10)6-15/h1-3,6-7H,4-5H2. The van der Waals surface area contributed by atoms with Crippen LogP contribution in [0.4, 0.5) is 13.2 Å². The molecule has 80 valence electrons. The van der Waals surface area contributed by atoms with Gasteiger partial charge in [-0.05, 0) is 30.4 Å². The third-order valence-corrected chi connectivity index (χ3v) is 2.58. The summed E-state index contributed by atoms with van der Waals surface area (Å²) >= 11 is 0. The van der Waals surface area contributed by atoms with E-state index in [-0.39, 0.29) is 11.5 Å². The first-order valence-corrected chi connectivity index (χ1v) is 4.69. The number of hydrogen-bond donors (Lipinski definition) is 0. The van der Waals surface area contributed by atoms with Crippen LogP contribution in [0.1, 0.15) is 40.2 Å². The number of halogens is 3. The molecule has 1 nitrogen and oxygen atoms in total. The summed E-state index contributed by atoms with van der Waals surface area (Å²) in [5.74, 6) is 0.146. The molecule has 1 saturated carbocycles. The smallest absolute Gasteiger partial charge is 0.298 e.